The Labute approximate surface area is 154 Å². The molecular formula is C14H19I2NO2S. The molecule has 0 aliphatic carbocycles. The lowest BCUT2D eigenvalue weighted by atomic mass is 10.2. The molecule has 0 atom stereocenters. The van der Waals surface area contributed by atoms with Crippen molar-refractivity contribution in [3.63, 3.8) is 0 Å². The van der Waals surface area contributed by atoms with Gasteiger partial charge in [0.15, 0.2) is 10.4 Å². The summed E-state index contributed by atoms with van der Waals surface area (Å²) in [6.45, 7) is 3.20. The van der Waals surface area contributed by atoms with Gasteiger partial charge in [0.05, 0.1) is 14.2 Å². The molecule has 1 aromatic heterocycles. The molecule has 20 heavy (non-hydrogen) atoms. The summed E-state index contributed by atoms with van der Waals surface area (Å²) in [4.78, 5) is 0. The van der Waals surface area contributed by atoms with Crippen LogP contribution in [0, 0.1) is 6.92 Å². The normalized spacial score (nSPS) is 10.4. The Kier molecular flexibility index (Phi) is 7.81. The molecular weight excluding hydrogens is 500 g/mol. The van der Waals surface area contributed by atoms with Crippen molar-refractivity contribution in [3.8, 4) is 11.5 Å². The van der Waals surface area contributed by atoms with E-state index in [1.165, 1.54) is 27.0 Å². The first-order valence-electron chi connectivity index (χ1n) is 6.32. The summed E-state index contributed by atoms with van der Waals surface area (Å²) >= 11 is 4.20. The van der Waals surface area contributed by atoms with Crippen molar-refractivity contribution in [2.24, 2.45) is 0 Å². The number of fused-ring (bicyclic) bond motifs is 1. The van der Waals surface area contributed by atoms with E-state index < -0.39 is 0 Å². The van der Waals surface area contributed by atoms with E-state index in [1.54, 1.807) is 25.6 Å². The Morgan fingerprint density at radius 1 is 1.15 bits per heavy atom. The van der Waals surface area contributed by atoms with E-state index in [1.807, 2.05) is 12.1 Å². The highest BCUT2D eigenvalue weighted by atomic mass is 127. The van der Waals surface area contributed by atoms with Crippen molar-refractivity contribution in [3.05, 3.63) is 17.1 Å². The van der Waals surface area contributed by atoms with Crippen LogP contribution in [0.5, 0.6) is 11.5 Å². The summed E-state index contributed by atoms with van der Waals surface area (Å²) in [5.74, 6) is 1.85. The van der Waals surface area contributed by atoms with Crippen molar-refractivity contribution in [1.29, 1.82) is 0 Å². The SMILES string of the molecule is COc1ccc(OC)c2c1sc(C)[n+]2CCCCI.[I-]. The minimum atomic E-state index is 0. The monoisotopic (exact) mass is 519 g/mol. The molecule has 2 rings (SSSR count). The number of aromatic nitrogens is 1. The van der Waals surface area contributed by atoms with Crippen LogP contribution in [0.1, 0.15) is 17.8 Å². The first kappa shape index (κ1) is 18.2. The van der Waals surface area contributed by atoms with Crippen molar-refractivity contribution in [2.45, 2.75) is 26.3 Å². The fourth-order valence-corrected chi connectivity index (χ4v) is 3.90. The van der Waals surface area contributed by atoms with E-state index in [4.69, 9.17) is 9.47 Å². The van der Waals surface area contributed by atoms with Gasteiger partial charge in [0.25, 0.3) is 5.52 Å². The zero-order valence-electron chi connectivity index (χ0n) is 11.9. The van der Waals surface area contributed by atoms with Crippen molar-refractivity contribution < 1.29 is 38.0 Å². The van der Waals surface area contributed by atoms with Gasteiger partial charge in [0.2, 0.25) is 5.01 Å². The first-order valence-corrected chi connectivity index (χ1v) is 8.67. The Hall–Kier alpha value is 0.170. The predicted molar refractivity (Wildman–Crippen MR) is 88.0 cm³/mol. The number of rotatable bonds is 6. The molecule has 0 fully saturated rings. The number of nitrogens with zero attached hydrogens (tertiary/aromatic N) is 1. The Balaban J connectivity index is 0.00000200. The highest BCUT2D eigenvalue weighted by Gasteiger charge is 2.24. The molecule has 0 saturated carbocycles. The Morgan fingerprint density at radius 3 is 2.40 bits per heavy atom. The van der Waals surface area contributed by atoms with E-state index >= 15 is 0 Å². The minimum absolute atomic E-state index is 0. The number of ether oxygens (including phenoxy) is 2. The molecule has 6 heteroatoms. The average Bonchev–Trinajstić information content (AvgIpc) is 2.75. The summed E-state index contributed by atoms with van der Waals surface area (Å²) in [6, 6.07) is 3.97. The summed E-state index contributed by atoms with van der Waals surface area (Å²) < 4.78 is 15.7. The van der Waals surface area contributed by atoms with Crippen LogP contribution in [-0.4, -0.2) is 18.6 Å². The van der Waals surface area contributed by atoms with Crippen LogP contribution >= 0.6 is 33.9 Å². The number of thiazole rings is 1. The van der Waals surface area contributed by atoms with E-state index in [-0.39, 0.29) is 24.0 Å². The third kappa shape index (κ3) is 3.68. The third-order valence-corrected chi connectivity index (χ3v) is 5.04. The predicted octanol–water partition coefficient (Wildman–Crippen LogP) is 0.734. The molecule has 1 aromatic carbocycles. The van der Waals surface area contributed by atoms with Gasteiger partial charge in [-0.05, 0) is 23.0 Å². The summed E-state index contributed by atoms with van der Waals surface area (Å²) in [5, 5.41) is 1.30. The molecule has 0 N–H and O–H groups in total. The second kappa shape index (κ2) is 8.57. The van der Waals surface area contributed by atoms with Gasteiger partial charge in [-0.15, -0.1) is 0 Å². The number of methoxy groups -OCH3 is 2. The fourth-order valence-electron chi connectivity index (χ4n) is 2.21. The fraction of sp³-hybridized carbons (Fsp3) is 0.500. The van der Waals surface area contributed by atoms with Gasteiger partial charge in [-0.25, -0.2) is 0 Å². The van der Waals surface area contributed by atoms with Gasteiger partial charge >= 0.3 is 0 Å². The number of halogens is 2. The first-order chi connectivity index (χ1) is 9.22. The number of unbranched alkanes of at least 4 members (excludes halogenated alkanes) is 1. The van der Waals surface area contributed by atoms with Gasteiger partial charge in [-0.2, -0.15) is 4.57 Å². The second-order valence-electron chi connectivity index (χ2n) is 4.32. The second-order valence-corrected chi connectivity index (χ2v) is 6.60. The maximum atomic E-state index is 5.52. The molecule has 0 spiro atoms. The molecule has 0 aliphatic rings. The van der Waals surface area contributed by atoms with Crippen molar-refractivity contribution >= 4 is 44.1 Å². The van der Waals surface area contributed by atoms with Gasteiger partial charge in [-0.1, -0.05) is 33.9 Å². The van der Waals surface area contributed by atoms with Crippen LogP contribution < -0.4 is 38.0 Å². The van der Waals surface area contributed by atoms with E-state index in [0.717, 1.165) is 23.6 Å². The molecule has 0 radical (unpaired) electrons. The lowest BCUT2D eigenvalue weighted by Gasteiger charge is -2.04. The van der Waals surface area contributed by atoms with Gasteiger partial charge in [0, 0.05) is 13.3 Å². The van der Waals surface area contributed by atoms with Crippen LogP contribution in [0.25, 0.3) is 10.2 Å². The Morgan fingerprint density at radius 2 is 1.80 bits per heavy atom. The largest absolute Gasteiger partial charge is 1.00 e. The zero-order valence-corrected chi connectivity index (χ0v) is 17.0. The van der Waals surface area contributed by atoms with Crippen molar-refractivity contribution in [2.75, 3.05) is 18.6 Å². The standard InChI is InChI=1S/C14H19INO2S.HI/c1-10-16(9-5-4-8-15)13-11(17-2)6-7-12(18-3)14(13)19-10;/h6-7H,4-5,8-9H2,1-3H3;1H/q+1;/p-1. The molecule has 112 valence electrons. The highest BCUT2D eigenvalue weighted by molar-refractivity contribution is 14.1. The number of benzene rings is 1. The van der Waals surface area contributed by atoms with Gasteiger partial charge < -0.3 is 33.5 Å². The number of alkyl halides is 1. The smallest absolute Gasteiger partial charge is 0.269 e. The third-order valence-electron chi connectivity index (χ3n) is 3.16. The molecule has 0 bridgehead atoms. The topological polar surface area (TPSA) is 22.3 Å². The maximum absolute atomic E-state index is 5.52. The minimum Gasteiger partial charge on any atom is -1.00 e. The van der Waals surface area contributed by atoms with Crippen molar-refractivity contribution in [1.82, 2.24) is 0 Å². The summed E-state index contributed by atoms with van der Waals surface area (Å²) in [7, 11) is 3.44. The quantitative estimate of drug-likeness (QED) is 0.243. The number of aryl methyl sites for hydroxylation is 2. The van der Waals surface area contributed by atoms with Crippen LogP contribution in [0.3, 0.4) is 0 Å². The molecule has 0 saturated heterocycles. The van der Waals surface area contributed by atoms with Crippen LogP contribution in [0.2, 0.25) is 0 Å². The Bertz CT molecular complexity index is 572. The molecule has 2 aromatic rings. The summed E-state index contributed by atoms with van der Waals surface area (Å²) in [6.07, 6.45) is 2.44. The number of hydrogen-bond donors (Lipinski definition) is 0. The lowest BCUT2D eigenvalue weighted by molar-refractivity contribution is -0.673. The molecule has 0 amide bonds. The molecule has 1 heterocycles. The van der Waals surface area contributed by atoms with E-state index in [0.29, 0.717) is 0 Å². The van der Waals surface area contributed by atoms with Crippen LogP contribution in [0.4, 0.5) is 0 Å². The van der Waals surface area contributed by atoms with E-state index in [9.17, 15) is 0 Å². The highest BCUT2D eigenvalue weighted by Crippen LogP contribution is 2.35. The van der Waals surface area contributed by atoms with Gasteiger partial charge in [-0.3, -0.25) is 0 Å². The molecule has 0 aliphatic heterocycles. The lowest BCUT2D eigenvalue weighted by Crippen LogP contribution is -3.00. The van der Waals surface area contributed by atoms with Gasteiger partial charge in [0.1, 0.15) is 12.3 Å². The number of hydrogen-bond acceptors (Lipinski definition) is 3. The average molecular weight is 519 g/mol. The van der Waals surface area contributed by atoms with Crippen LogP contribution in [-0.2, 0) is 6.54 Å². The van der Waals surface area contributed by atoms with E-state index in [2.05, 4.69) is 34.1 Å². The summed E-state index contributed by atoms with van der Waals surface area (Å²) in [5.41, 5.74) is 1.16. The molecule has 0 unspecified atom stereocenters. The molecule has 3 nitrogen and oxygen atoms in total. The van der Waals surface area contributed by atoms with Crippen LogP contribution in [0.15, 0.2) is 12.1 Å². The maximum Gasteiger partial charge on any atom is 0.269 e. The zero-order chi connectivity index (χ0) is 13.8.